The number of carbonyl (C=O) groups is 1. The van der Waals surface area contributed by atoms with Crippen molar-refractivity contribution in [3.8, 4) is 11.4 Å². The number of benzene rings is 2. The molecule has 14 heteroatoms. The van der Waals surface area contributed by atoms with E-state index in [-0.39, 0.29) is 21.5 Å². The first-order chi connectivity index (χ1) is 14.7. The van der Waals surface area contributed by atoms with Crippen LogP contribution in [0.4, 0.5) is 27.6 Å². The summed E-state index contributed by atoms with van der Waals surface area (Å²) in [6.45, 7) is 0. The molecule has 0 aliphatic carbocycles. The molecule has 0 atom stereocenters. The fraction of sp³-hybridized carbons (Fsp3) is 0.176. The average molecular weight is 477 g/mol. The normalized spacial score (nSPS) is 11.5. The van der Waals surface area contributed by atoms with E-state index in [2.05, 4.69) is 25.6 Å². The summed E-state index contributed by atoms with van der Waals surface area (Å²) in [6, 6.07) is 11.0. The number of nitrogens with zero attached hydrogens (tertiary/aromatic N) is 4. The highest BCUT2D eigenvalue weighted by molar-refractivity contribution is 8.00. The summed E-state index contributed by atoms with van der Waals surface area (Å²) >= 11 is 1.27. The number of nitrogens with one attached hydrogen (secondary N) is 1. The zero-order valence-electron chi connectivity index (χ0n) is 15.2. The second kappa shape index (κ2) is 9.96. The van der Waals surface area contributed by atoms with Crippen molar-refractivity contribution in [1.29, 1.82) is 0 Å². The fourth-order valence-electron chi connectivity index (χ4n) is 2.31. The van der Waals surface area contributed by atoms with Crippen molar-refractivity contribution in [3.05, 3.63) is 48.5 Å². The minimum absolute atomic E-state index is 0.136. The Morgan fingerprint density at radius 2 is 1.84 bits per heavy atom. The maximum absolute atomic E-state index is 12.6. The summed E-state index contributed by atoms with van der Waals surface area (Å²) in [5.74, 6) is -3.65. The molecule has 31 heavy (non-hydrogen) atoms. The van der Waals surface area contributed by atoms with Gasteiger partial charge in [0.25, 0.3) is 5.76 Å². The summed E-state index contributed by atoms with van der Waals surface area (Å²) in [5.41, 5.74) is 0.597. The third-order valence-corrected chi connectivity index (χ3v) is 5.17. The van der Waals surface area contributed by atoms with Crippen LogP contribution < -0.4 is 10.1 Å². The maximum Gasteiger partial charge on any atom is 0.573 e. The van der Waals surface area contributed by atoms with E-state index in [1.54, 1.807) is 12.1 Å². The molecule has 2 aromatic carbocycles. The van der Waals surface area contributed by atoms with Crippen LogP contribution in [0.5, 0.6) is 5.75 Å². The number of aromatic nitrogens is 4. The third-order valence-electron chi connectivity index (χ3n) is 3.47. The quantitative estimate of drug-likeness (QED) is 0.375. The Labute approximate surface area is 180 Å². The van der Waals surface area contributed by atoms with Crippen LogP contribution in [0.2, 0.25) is 0 Å². The van der Waals surface area contributed by atoms with E-state index in [0.29, 0.717) is 17.4 Å². The predicted molar refractivity (Wildman–Crippen MR) is 103 cm³/mol. The van der Waals surface area contributed by atoms with E-state index in [4.69, 9.17) is 0 Å². The summed E-state index contributed by atoms with van der Waals surface area (Å²) < 4.78 is 67.1. The molecule has 0 saturated carbocycles. The molecule has 0 aliphatic heterocycles. The number of amides is 1. The molecular formula is C17H12F5N5O2S2. The first-order valence-electron chi connectivity index (χ1n) is 8.32. The third kappa shape index (κ3) is 6.82. The van der Waals surface area contributed by atoms with Crippen LogP contribution >= 0.6 is 23.5 Å². The van der Waals surface area contributed by atoms with Gasteiger partial charge in [0.1, 0.15) is 5.75 Å². The van der Waals surface area contributed by atoms with Crippen LogP contribution in [0.3, 0.4) is 0 Å². The molecule has 1 heterocycles. The van der Waals surface area contributed by atoms with E-state index < -0.39 is 23.8 Å². The number of alkyl halides is 5. The molecule has 0 fully saturated rings. The fourth-order valence-corrected chi connectivity index (χ4v) is 3.59. The smallest absolute Gasteiger partial charge is 0.406 e. The molecule has 7 nitrogen and oxygen atoms in total. The summed E-state index contributed by atoms with van der Waals surface area (Å²) in [4.78, 5) is 12.5. The number of ether oxygens (including phenoxy) is 1. The second-order valence-corrected chi connectivity index (χ2v) is 7.60. The molecule has 0 aliphatic rings. The van der Waals surface area contributed by atoms with Crippen molar-refractivity contribution in [2.45, 2.75) is 22.2 Å². The number of tetrazole rings is 1. The van der Waals surface area contributed by atoms with Crippen molar-refractivity contribution in [2.24, 2.45) is 0 Å². The monoisotopic (exact) mass is 477 g/mol. The lowest BCUT2D eigenvalue weighted by molar-refractivity contribution is -0.274. The highest BCUT2D eigenvalue weighted by atomic mass is 32.2. The van der Waals surface area contributed by atoms with E-state index in [0.717, 1.165) is 23.9 Å². The van der Waals surface area contributed by atoms with Crippen LogP contribution in [-0.4, -0.2) is 44.0 Å². The van der Waals surface area contributed by atoms with Gasteiger partial charge in [-0.3, -0.25) is 4.79 Å². The van der Waals surface area contributed by atoms with Crippen LogP contribution in [0.25, 0.3) is 5.69 Å². The molecule has 1 N–H and O–H groups in total. The number of hydrogen-bond acceptors (Lipinski definition) is 7. The van der Waals surface area contributed by atoms with E-state index in [1.807, 2.05) is 0 Å². The topological polar surface area (TPSA) is 81.9 Å². The van der Waals surface area contributed by atoms with Crippen molar-refractivity contribution >= 4 is 35.1 Å². The molecule has 1 aromatic heterocycles. The van der Waals surface area contributed by atoms with Crippen LogP contribution in [0.15, 0.2) is 58.6 Å². The Morgan fingerprint density at radius 3 is 2.52 bits per heavy atom. The lowest BCUT2D eigenvalue weighted by Crippen LogP contribution is -2.17. The van der Waals surface area contributed by atoms with Gasteiger partial charge in [-0.1, -0.05) is 35.7 Å². The zero-order chi connectivity index (χ0) is 22.4. The molecule has 0 radical (unpaired) electrons. The minimum atomic E-state index is -4.81. The first kappa shape index (κ1) is 22.8. The SMILES string of the molecule is O=C(CSc1nnnn1-c1ccc(OC(F)(F)F)cc1)Nc1ccccc1SC(F)F. The number of rotatable bonds is 8. The number of anilines is 1. The van der Waals surface area contributed by atoms with Crippen LogP contribution in [0.1, 0.15) is 0 Å². The zero-order valence-corrected chi connectivity index (χ0v) is 16.8. The number of halogens is 5. The van der Waals surface area contributed by atoms with Crippen molar-refractivity contribution in [3.63, 3.8) is 0 Å². The molecule has 0 unspecified atom stereocenters. The Bertz CT molecular complexity index is 1030. The van der Waals surface area contributed by atoms with Crippen molar-refractivity contribution < 1.29 is 31.5 Å². The standard InChI is InChI=1S/C17H12F5N5O2S2/c18-15(19)31-13-4-2-1-3-12(13)23-14(28)9-30-16-24-25-26-27(16)10-5-7-11(8-6-10)29-17(20,21)22/h1-8,15H,9H2,(H,23,28). The molecule has 164 valence electrons. The Balaban J connectivity index is 1.63. The summed E-state index contributed by atoms with van der Waals surface area (Å²) in [6.07, 6.45) is -4.81. The van der Waals surface area contributed by atoms with Gasteiger partial charge in [0.2, 0.25) is 11.1 Å². The van der Waals surface area contributed by atoms with Gasteiger partial charge in [-0.05, 0) is 46.8 Å². The number of carbonyl (C=O) groups excluding carboxylic acids is 1. The number of para-hydroxylation sites is 1. The average Bonchev–Trinajstić information content (AvgIpc) is 3.15. The van der Waals surface area contributed by atoms with Crippen LogP contribution in [-0.2, 0) is 4.79 Å². The van der Waals surface area contributed by atoms with Crippen molar-refractivity contribution in [1.82, 2.24) is 20.2 Å². The lowest BCUT2D eigenvalue weighted by Gasteiger charge is -2.10. The minimum Gasteiger partial charge on any atom is -0.406 e. The Kier molecular flexibility index (Phi) is 7.33. The van der Waals surface area contributed by atoms with E-state index in [1.165, 1.54) is 28.9 Å². The molecule has 1 amide bonds. The molecule has 0 spiro atoms. The van der Waals surface area contributed by atoms with Crippen LogP contribution in [0, 0.1) is 0 Å². The van der Waals surface area contributed by atoms with Gasteiger partial charge in [0.05, 0.1) is 17.1 Å². The maximum atomic E-state index is 12.6. The van der Waals surface area contributed by atoms with Crippen molar-refractivity contribution in [2.75, 3.05) is 11.1 Å². The molecule has 0 saturated heterocycles. The number of thioether (sulfide) groups is 2. The molecule has 0 bridgehead atoms. The molecule has 3 rings (SSSR count). The Morgan fingerprint density at radius 1 is 1.13 bits per heavy atom. The highest BCUT2D eigenvalue weighted by Crippen LogP contribution is 2.32. The summed E-state index contributed by atoms with van der Waals surface area (Å²) in [5, 5.41) is 13.8. The van der Waals surface area contributed by atoms with Gasteiger partial charge in [0.15, 0.2) is 0 Å². The van der Waals surface area contributed by atoms with Gasteiger partial charge in [-0.2, -0.15) is 13.5 Å². The first-order valence-corrected chi connectivity index (χ1v) is 10.2. The summed E-state index contributed by atoms with van der Waals surface area (Å²) in [7, 11) is 0. The van der Waals surface area contributed by atoms with E-state index >= 15 is 0 Å². The van der Waals surface area contributed by atoms with Gasteiger partial charge in [-0.15, -0.1) is 18.3 Å². The molecule has 3 aromatic rings. The highest BCUT2D eigenvalue weighted by Gasteiger charge is 2.31. The number of hydrogen-bond donors (Lipinski definition) is 1. The predicted octanol–water partition coefficient (Wildman–Crippen LogP) is 4.61. The van der Waals surface area contributed by atoms with Gasteiger partial charge in [-0.25, -0.2) is 0 Å². The van der Waals surface area contributed by atoms with Gasteiger partial charge < -0.3 is 10.1 Å². The second-order valence-electron chi connectivity index (χ2n) is 5.63. The van der Waals surface area contributed by atoms with Gasteiger partial charge >= 0.3 is 6.36 Å². The van der Waals surface area contributed by atoms with E-state index in [9.17, 15) is 26.7 Å². The lowest BCUT2D eigenvalue weighted by atomic mass is 10.3. The molecular weight excluding hydrogens is 465 g/mol. The van der Waals surface area contributed by atoms with Gasteiger partial charge in [0, 0.05) is 4.90 Å². The Hall–Kier alpha value is -2.87. The largest absolute Gasteiger partial charge is 0.573 e.